The Morgan fingerprint density at radius 3 is 2.71 bits per heavy atom. The van der Waals surface area contributed by atoms with Crippen LogP contribution >= 0.6 is 0 Å². The Balaban J connectivity index is 1.87. The fraction of sp³-hybridized carbons (Fsp3) is 0.529. The second kappa shape index (κ2) is 6.29. The molecule has 4 nitrogen and oxygen atoms in total. The Hall–Kier alpha value is -1.84. The normalized spacial score (nSPS) is 14.5. The van der Waals surface area contributed by atoms with Crippen molar-refractivity contribution in [3.8, 4) is 5.75 Å². The van der Waals surface area contributed by atoms with Crippen LogP contribution in [0, 0.1) is 0 Å². The van der Waals surface area contributed by atoms with Crippen LogP contribution < -0.4 is 4.74 Å². The van der Waals surface area contributed by atoms with Crippen molar-refractivity contribution < 1.29 is 19.1 Å². The summed E-state index contributed by atoms with van der Waals surface area (Å²) >= 11 is 0. The van der Waals surface area contributed by atoms with Crippen LogP contribution in [-0.4, -0.2) is 24.0 Å². The lowest BCUT2D eigenvalue weighted by Gasteiger charge is -2.19. The molecule has 0 saturated heterocycles. The highest BCUT2D eigenvalue weighted by Crippen LogP contribution is 2.25. The van der Waals surface area contributed by atoms with Crippen LogP contribution in [0.1, 0.15) is 56.0 Å². The molecule has 0 saturated carbocycles. The maximum atomic E-state index is 11.7. The molecule has 0 bridgehead atoms. The van der Waals surface area contributed by atoms with Gasteiger partial charge in [-0.05, 0) is 57.4 Å². The summed E-state index contributed by atoms with van der Waals surface area (Å²) in [7, 11) is 0. The van der Waals surface area contributed by atoms with Gasteiger partial charge in [-0.1, -0.05) is 0 Å². The maximum Gasteiger partial charge on any atom is 0.309 e. The zero-order valence-electron chi connectivity index (χ0n) is 12.9. The molecule has 1 aliphatic rings. The van der Waals surface area contributed by atoms with Crippen molar-refractivity contribution in [1.29, 1.82) is 0 Å². The summed E-state index contributed by atoms with van der Waals surface area (Å²) in [6, 6.07) is 5.51. The van der Waals surface area contributed by atoms with Crippen molar-refractivity contribution in [3.63, 3.8) is 0 Å². The van der Waals surface area contributed by atoms with E-state index in [1.807, 2.05) is 32.9 Å². The summed E-state index contributed by atoms with van der Waals surface area (Å²) in [6.07, 6.45) is 2.65. The molecule has 0 fully saturated rings. The van der Waals surface area contributed by atoms with E-state index in [1.165, 1.54) is 0 Å². The lowest BCUT2D eigenvalue weighted by molar-refractivity contribution is -0.155. The number of carbonyl (C=O) groups excluding carboxylic acids is 2. The minimum absolute atomic E-state index is 0.205. The van der Waals surface area contributed by atoms with Gasteiger partial charge >= 0.3 is 5.97 Å². The first-order valence-electron chi connectivity index (χ1n) is 7.36. The summed E-state index contributed by atoms with van der Waals surface area (Å²) < 4.78 is 10.8. The van der Waals surface area contributed by atoms with E-state index in [9.17, 15) is 9.59 Å². The minimum atomic E-state index is -0.469. The molecule has 0 aromatic heterocycles. The standard InChI is InChI=1S/C17H22O4/c1-17(2,3)21-16(19)9-10-20-13-7-8-14-12(11-13)5-4-6-15(14)18/h7-8,11H,4-6,9-10H2,1-3H3. The van der Waals surface area contributed by atoms with Gasteiger partial charge in [-0.25, -0.2) is 0 Å². The average molecular weight is 290 g/mol. The largest absolute Gasteiger partial charge is 0.493 e. The topological polar surface area (TPSA) is 52.6 Å². The number of Topliss-reactive ketones (excluding diaryl/α,β-unsaturated/α-hetero) is 1. The summed E-state index contributed by atoms with van der Waals surface area (Å²) in [5.74, 6) is 0.638. The Morgan fingerprint density at radius 2 is 2.00 bits per heavy atom. The molecule has 0 aliphatic heterocycles. The number of esters is 1. The van der Waals surface area contributed by atoms with Crippen LogP contribution in [0.2, 0.25) is 0 Å². The molecule has 114 valence electrons. The highest BCUT2D eigenvalue weighted by Gasteiger charge is 2.18. The molecule has 0 N–H and O–H groups in total. The van der Waals surface area contributed by atoms with Gasteiger partial charge in [0, 0.05) is 12.0 Å². The van der Waals surface area contributed by atoms with Crippen molar-refractivity contribution in [2.24, 2.45) is 0 Å². The van der Waals surface area contributed by atoms with Crippen LogP contribution in [0.4, 0.5) is 0 Å². The zero-order chi connectivity index (χ0) is 15.5. The van der Waals surface area contributed by atoms with Gasteiger partial charge in [0.25, 0.3) is 0 Å². The van der Waals surface area contributed by atoms with Gasteiger partial charge in [0.1, 0.15) is 11.4 Å². The van der Waals surface area contributed by atoms with Gasteiger partial charge in [-0.15, -0.1) is 0 Å². The number of ether oxygens (including phenoxy) is 2. The van der Waals surface area contributed by atoms with E-state index in [2.05, 4.69) is 0 Å². The Kier molecular flexibility index (Phi) is 4.66. The lowest BCUT2D eigenvalue weighted by Crippen LogP contribution is -2.24. The van der Waals surface area contributed by atoms with E-state index in [0.717, 1.165) is 24.0 Å². The summed E-state index contributed by atoms with van der Waals surface area (Å²) in [5.41, 5.74) is 1.38. The van der Waals surface area contributed by atoms with E-state index in [4.69, 9.17) is 9.47 Å². The minimum Gasteiger partial charge on any atom is -0.493 e. The van der Waals surface area contributed by atoms with Gasteiger partial charge in [0.05, 0.1) is 13.0 Å². The molecule has 0 spiro atoms. The molecule has 0 radical (unpaired) electrons. The Labute approximate surface area is 125 Å². The summed E-state index contributed by atoms with van der Waals surface area (Å²) in [6.45, 7) is 5.80. The number of ketones is 1. The van der Waals surface area contributed by atoms with Gasteiger partial charge < -0.3 is 9.47 Å². The van der Waals surface area contributed by atoms with Crippen molar-refractivity contribution in [3.05, 3.63) is 29.3 Å². The van der Waals surface area contributed by atoms with E-state index < -0.39 is 5.60 Å². The fourth-order valence-corrected chi connectivity index (χ4v) is 2.36. The molecule has 1 aromatic rings. The van der Waals surface area contributed by atoms with Crippen LogP contribution in [0.15, 0.2) is 18.2 Å². The lowest BCUT2D eigenvalue weighted by atomic mass is 9.90. The molecule has 0 unspecified atom stereocenters. The van der Waals surface area contributed by atoms with Crippen LogP contribution in [0.3, 0.4) is 0 Å². The van der Waals surface area contributed by atoms with E-state index in [1.54, 1.807) is 6.07 Å². The molecular weight excluding hydrogens is 268 g/mol. The quantitative estimate of drug-likeness (QED) is 0.798. The predicted octanol–water partition coefficient (Wildman–Crippen LogP) is 3.32. The van der Waals surface area contributed by atoms with Gasteiger partial charge in [0.15, 0.2) is 5.78 Å². The first-order valence-corrected chi connectivity index (χ1v) is 7.36. The number of fused-ring (bicyclic) bond motifs is 1. The van der Waals surface area contributed by atoms with E-state index in [0.29, 0.717) is 12.2 Å². The maximum absolute atomic E-state index is 11.7. The third-order valence-corrected chi connectivity index (χ3v) is 3.22. The van der Waals surface area contributed by atoms with E-state index in [-0.39, 0.29) is 24.8 Å². The number of rotatable bonds is 4. The predicted molar refractivity (Wildman–Crippen MR) is 79.7 cm³/mol. The van der Waals surface area contributed by atoms with Gasteiger partial charge in [-0.3, -0.25) is 9.59 Å². The van der Waals surface area contributed by atoms with Crippen molar-refractivity contribution >= 4 is 11.8 Å². The number of hydrogen-bond acceptors (Lipinski definition) is 4. The highest BCUT2D eigenvalue weighted by molar-refractivity contribution is 5.98. The second-order valence-corrected chi connectivity index (χ2v) is 6.28. The first kappa shape index (κ1) is 15.5. The first-order chi connectivity index (χ1) is 9.85. The molecule has 0 heterocycles. The average Bonchev–Trinajstić information content (AvgIpc) is 2.36. The molecule has 4 heteroatoms. The summed E-state index contributed by atoms with van der Waals surface area (Å²) in [5, 5.41) is 0. The number of benzene rings is 1. The molecule has 21 heavy (non-hydrogen) atoms. The highest BCUT2D eigenvalue weighted by atomic mass is 16.6. The van der Waals surface area contributed by atoms with Crippen molar-refractivity contribution in [2.75, 3.05) is 6.61 Å². The second-order valence-electron chi connectivity index (χ2n) is 6.28. The van der Waals surface area contributed by atoms with Crippen molar-refractivity contribution in [2.45, 2.75) is 52.1 Å². The van der Waals surface area contributed by atoms with E-state index >= 15 is 0 Å². The van der Waals surface area contributed by atoms with Crippen molar-refractivity contribution in [1.82, 2.24) is 0 Å². The van der Waals surface area contributed by atoms with Crippen LogP contribution in [-0.2, 0) is 16.0 Å². The third-order valence-electron chi connectivity index (χ3n) is 3.22. The fourth-order valence-electron chi connectivity index (χ4n) is 2.36. The number of carbonyl (C=O) groups is 2. The summed E-state index contributed by atoms with van der Waals surface area (Å²) in [4.78, 5) is 23.3. The number of aryl methyl sites for hydroxylation is 1. The molecule has 1 aliphatic carbocycles. The molecule has 0 atom stereocenters. The van der Waals surface area contributed by atoms with Gasteiger partial charge in [0.2, 0.25) is 0 Å². The Bertz CT molecular complexity index is 540. The van der Waals surface area contributed by atoms with Gasteiger partial charge in [-0.2, -0.15) is 0 Å². The molecular formula is C17H22O4. The Morgan fingerprint density at radius 1 is 1.24 bits per heavy atom. The molecule has 2 rings (SSSR count). The zero-order valence-corrected chi connectivity index (χ0v) is 12.9. The van der Waals surface area contributed by atoms with Crippen LogP contribution in [0.5, 0.6) is 5.75 Å². The smallest absolute Gasteiger partial charge is 0.309 e. The third kappa shape index (κ3) is 4.59. The molecule has 0 amide bonds. The molecule has 1 aromatic carbocycles. The SMILES string of the molecule is CC(C)(C)OC(=O)CCOc1ccc2c(c1)CCCC2=O. The van der Waals surface area contributed by atoms with Crippen LogP contribution in [0.25, 0.3) is 0 Å². The monoisotopic (exact) mass is 290 g/mol. The number of hydrogen-bond donors (Lipinski definition) is 0.